The van der Waals surface area contributed by atoms with Gasteiger partial charge >= 0.3 is 0 Å². The molecule has 3 rings (SSSR count). The first-order valence-electron chi connectivity index (χ1n) is 8.76. The Balaban J connectivity index is 1.79. The molecule has 26 heavy (non-hydrogen) atoms. The number of amides is 2. The summed E-state index contributed by atoms with van der Waals surface area (Å²) in [5, 5.41) is 16.2. The fourth-order valence-electron chi connectivity index (χ4n) is 2.75. The highest BCUT2D eigenvalue weighted by molar-refractivity contribution is 6.05. The van der Waals surface area contributed by atoms with E-state index in [4.69, 9.17) is 0 Å². The molecule has 0 unspecified atom stereocenters. The number of H-pyrrole nitrogens is 1. The van der Waals surface area contributed by atoms with Crippen molar-refractivity contribution in [1.29, 1.82) is 0 Å². The van der Waals surface area contributed by atoms with E-state index in [1.165, 1.54) is 0 Å². The number of benzene rings is 1. The first kappa shape index (κ1) is 18.1. The Morgan fingerprint density at radius 3 is 2.69 bits per heavy atom. The molecular formula is C19H25N5O2. The summed E-state index contributed by atoms with van der Waals surface area (Å²) < 4.78 is 0. The normalized spacial score (nSPS) is 13.8. The van der Waals surface area contributed by atoms with Gasteiger partial charge in [0.15, 0.2) is 5.69 Å². The summed E-state index contributed by atoms with van der Waals surface area (Å²) >= 11 is 0. The molecule has 1 aliphatic heterocycles. The number of carbonyl (C=O) groups excluding carboxylic acids is 2. The maximum Gasteiger partial charge on any atom is 0.276 e. The summed E-state index contributed by atoms with van der Waals surface area (Å²) in [6.45, 7) is 8.99. The molecule has 1 aliphatic rings. The molecule has 0 fully saturated rings. The van der Waals surface area contributed by atoms with Gasteiger partial charge in [0.05, 0.1) is 0 Å². The van der Waals surface area contributed by atoms with Crippen LogP contribution in [0.25, 0.3) is 0 Å². The largest absolute Gasteiger partial charge is 0.326 e. The van der Waals surface area contributed by atoms with Crippen LogP contribution in [-0.2, 0) is 17.8 Å². The van der Waals surface area contributed by atoms with E-state index in [0.29, 0.717) is 23.6 Å². The standard InChI is InChI=1S/C19H25N5O2/c1-11-5-6-12(21-18(26)19(2,3)4)9-15(11)22-17(25)16-13-10-20-8-7-14(13)23-24-16/h5-6,9,20H,7-8,10H2,1-4H3,(H,21,26)(H,22,25)(H,23,24). The zero-order valence-electron chi connectivity index (χ0n) is 15.6. The number of aryl methyl sites for hydroxylation is 1. The van der Waals surface area contributed by atoms with Crippen LogP contribution in [0.4, 0.5) is 11.4 Å². The first-order valence-corrected chi connectivity index (χ1v) is 8.76. The van der Waals surface area contributed by atoms with Crippen molar-refractivity contribution in [2.45, 2.75) is 40.7 Å². The summed E-state index contributed by atoms with van der Waals surface area (Å²) in [7, 11) is 0. The lowest BCUT2D eigenvalue weighted by Gasteiger charge is -2.18. The van der Waals surface area contributed by atoms with E-state index in [-0.39, 0.29) is 11.8 Å². The number of nitrogens with one attached hydrogen (secondary N) is 4. The predicted molar refractivity (Wildman–Crippen MR) is 101 cm³/mol. The molecule has 0 saturated carbocycles. The third kappa shape index (κ3) is 3.77. The molecule has 4 N–H and O–H groups in total. The van der Waals surface area contributed by atoms with Crippen molar-refractivity contribution in [2.24, 2.45) is 5.41 Å². The highest BCUT2D eigenvalue weighted by Crippen LogP contribution is 2.24. The van der Waals surface area contributed by atoms with E-state index < -0.39 is 5.41 Å². The Morgan fingerprint density at radius 2 is 1.96 bits per heavy atom. The van der Waals surface area contributed by atoms with Gasteiger partial charge in [-0.05, 0) is 24.6 Å². The lowest BCUT2D eigenvalue weighted by Crippen LogP contribution is -2.27. The maximum absolute atomic E-state index is 12.7. The fourth-order valence-corrected chi connectivity index (χ4v) is 2.75. The Hall–Kier alpha value is -2.67. The van der Waals surface area contributed by atoms with E-state index in [1.807, 2.05) is 39.8 Å². The quantitative estimate of drug-likeness (QED) is 0.680. The lowest BCUT2D eigenvalue weighted by molar-refractivity contribution is -0.123. The monoisotopic (exact) mass is 355 g/mol. The second-order valence-electron chi connectivity index (χ2n) is 7.64. The number of carbonyl (C=O) groups is 2. The summed E-state index contributed by atoms with van der Waals surface area (Å²) in [5.41, 5.74) is 4.07. The molecule has 0 aliphatic carbocycles. The molecule has 0 atom stereocenters. The maximum atomic E-state index is 12.7. The Bertz CT molecular complexity index is 848. The summed E-state index contributed by atoms with van der Waals surface area (Å²) in [6.07, 6.45) is 0.836. The van der Waals surface area contributed by atoms with Crippen LogP contribution in [0.2, 0.25) is 0 Å². The topological polar surface area (TPSA) is 98.9 Å². The van der Waals surface area contributed by atoms with Crippen molar-refractivity contribution in [2.75, 3.05) is 17.2 Å². The van der Waals surface area contributed by atoms with E-state index in [1.54, 1.807) is 6.07 Å². The summed E-state index contributed by atoms with van der Waals surface area (Å²) in [4.78, 5) is 24.9. The van der Waals surface area contributed by atoms with Crippen LogP contribution in [0.3, 0.4) is 0 Å². The van der Waals surface area contributed by atoms with Gasteiger partial charge in [0.25, 0.3) is 5.91 Å². The van der Waals surface area contributed by atoms with Crippen LogP contribution in [0, 0.1) is 12.3 Å². The van der Waals surface area contributed by atoms with Crippen molar-refractivity contribution in [3.05, 3.63) is 40.7 Å². The smallest absolute Gasteiger partial charge is 0.276 e. The second kappa shape index (κ2) is 6.92. The van der Waals surface area contributed by atoms with E-state index in [0.717, 1.165) is 29.8 Å². The molecule has 0 saturated heterocycles. The minimum atomic E-state index is -0.491. The Morgan fingerprint density at radius 1 is 1.19 bits per heavy atom. The number of fused-ring (bicyclic) bond motifs is 1. The number of nitrogens with zero attached hydrogens (tertiary/aromatic N) is 1. The van der Waals surface area contributed by atoms with Gasteiger partial charge in [0.2, 0.25) is 5.91 Å². The van der Waals surface area contributed by atoms with Gasteiger partial charge in [-0.25, -0.2) is 0 Å². The minimum Gasteiger partial charge on any atom is -0.326 e. The molecular weight excluding hydrogens is 330 g/mol. The van der Waals surface area contributed by atoms with E-state index in [9.17, 15) is 9.59 Å². The number of aromatic amines is 1. The van der Waals surface area contributed by atoms with Gasteiger partial charge in [0.1, 0.15) is 0 Å². The Labute approximate surface area is 153 Å². The SMILES string of the molecule is Cc1ccc(NC(=O)C(C)(C)C)cc1NC(=O)c1n[nH]c2c1CNCC2. The van der Waals surface area contributed by atoms with Gasteiger partial charge in [-0.2, -0.15) is 5.10 Å². The summed E-state index contributed by atoms with van der Waals surface area (Å²) in [6, 6.07) is 5.47. The van der Waals surface area contributed by atoms with Crippen molar-refractivity contribution in [1.82, 2.24) is 15.5 Å². The zero-order chi connectivity index (χ0) is 18.9. The summed E-state index contributed by atoms with van der Waals surface area (Å²) in [5.74, 6) is -0.334. The van der Waals surface area contributed by atoms with Crippen molar-refractivity contribution >= 4 is 23.2 Å². The average Bonchev–Trinajstić information content (AvgIpc) is 3.01. The predicted octanol–water partition coefficient (Wildman–Crippen LogP) is 2.60. The van der Waals surface area contributed by atoms with Crippen LogP contribution in [0.5, 0.6) is 0 Å². The van der Waals surface area contributed by atoms with Gasteiger partial charge in [-0.3, -0.25) is 14.7 Å². The van der Waals surface area contributed by atoms with Crippen LogP contribution in [0.1, 0.15) is 48.1 Å². The first-order chi connectivity index (χ1) is 12.3. The lowest BCUT2D eigenvalue weighted by atomic mass is 9.95. The molecule has 2 amide bonds. The van der Waals surface area contributed by atoms with Crippen molar-refractivity contribution < 1.29 is 9.59 Å². The van der Waals surface area contributed by atoms with Crippen LogP contribution >= 0.6 is 0 Å². The number of rotatable bonds is 3. The zero-order valence-corrected chi connectivity index (χ0v) is 15.6. The molecule has 138 valence electrons. The van der Waals surface area contributed by atoms with E-state index >= 15 is 0 Å². The fraction of sp³-hybridized carbons (Fsp3) is 0.421. The number of hydrogen-bond acceptors (Lipinski definition) is 4. The molecule has 1 aromatic heterocycles. The number of anilines is 2. The number of hydrogen-bond donors (Lipinski definition) is 4. The van der Waals surface area contributed by atoms with Crippen molar-refractivity contribution in [3.8, 4) is 0 Å². The van der Waals surface area contributed by atoms with Crippen LogP contribution < -0.4 is 16.0 Å². The van der Waals surface area contributed by atoms with Gasteiger partial charge in [0, 0.05) is 47.6 Å². The highest BCUT2D eigenvalue weighted by Gasteiger charge is 2.23. The van der Waals surface area contributed by atoms with Gasteiger partial charge in [-0.1, -0.05) is 26.8 Å². The van der Waals surface area contributed by atoms with Crippen LogP contribution in [0.15, 0.2) is 18.2 Å². The second-order valence-corrected chi connectivity index (χ2v) is 7.64. The molecule has 7 nitrogen and oxygen atoms in total. The van der Waals surface area contributed by atoms with E-state index in [2.05, 4.69) is 26.1 Å². The Kier molecular flexibility index (Phi) is 4.82. The minimum absolute atomic E-state index is 0.0777. The average molecular weight is 355 g/mol. The van der Waals surface area contributed by atoms with Gasteiger partial charge in [-0.15, -0.1) is 0 Å². The molecule has 2 aromatic rings. The van der Waals surface area contributed by atoms with Crippen LogP contribution in [-0.4, -0.2) is 28.6 Å². The molecule has 0 bridgehead atoms. The third-order valence-electron chi connectivity index (χ3n) is 4.45. The molecule has 2 heterocycles. The molecule has 1 aromatic carbocycles. The van der Waals surface area contributed by atoms with Crippen molar-refractivity contribution in [3.63, 3.8) is 0 Å². The third-order valence-corrected chi connectivity index (χ3v) is 4.45. The molecule has 7 heteroatoms. The highest BCUT2D eigenvalue weighted by atomic mass is 16.2. The number of aromatic nitrogens is 2. The van der Waals surface area contributed by atoms with Gasteiger partial charge < -0.3 is 16.0 Å². The molecule has 0 spiro atoms. The molecule has 0 radical (unpaired) electrons.